The van der Waals surface area contributed by atoms with Crippen molar-refractivity contribution in [3.63, 3.8) is 0 Å². The molecule has 132 heavy (non-hydrogen) atoms. The summed E-state index contributed by atoms with van der Waals surface area (Å²) in [5, 5.41) is 14.8. The van der Waals surface area contributed by atoms with Gasteiger partial charge in [-0.3, -0.25) is 0 Å². The first-order valence-corrected chi connectivity index (χ1v) is 46.1. The minimum absolute atomic E-state index is 0.638. The molecule has 2 heterocycles. The standard InChI is InChI=1S/C128H92N4/c1-4-28-98-77-89(79-123-124(98)117-74-70-108(84-122(117)132(123)105-39-21-10-22-40-105)131(104-37-19-9-20-38-104)106-67-47-85(2)48-68-106)52-51-87-53-56-94-80-97(64-62-92(94)76-87)109-45-27-46-118-127(109)116-72-66-96(82-119(116)128(118,100-29-11-5-12-30-100)101-31-13-6-14-32-101)90-58-60-91(61-59-90)125-114-43-25-23-41-110(114)111-42-24-26-44-115(111)126(125)99-65-63-93-75-86(54-57-95(93)81-99)49-50-88-55-71-112-113-73-69-107(83-121(113)129(3)120(112)78-88)130(102-33-15-7-16-34-102)103-35-17-8-18-36-103/h5-27,29-84H,4,28H2,1-3H3. The number of nitrogens with zero attached hydrogens (tertiary/aromatic N) is 4. The minimum atomic E-state index is -0.638. The van der Waals surface area contributed by atoms with Crippen LogP contribution in [0, 0.1) is 6.92 Å². The molecule has 624 valence electrons. The second kappa shape index (κ2) is 32.9. The monoisotopic (exact) mass is 1680 g/mol. The Balaban J connectivity index is 0.551. The number of rotatable bonds is 19. The molecule has 0 saturated carbocycles. The zero-order valence-electron chi connectivity index (χ0n) is 73.8. The summed E-state index contributed by atoms with van der Waals surface area (Å²) in [5.41, 5.74) is 36.3. The molecule has 23 aromatic rings. The maximum Gasteiger partial charge on any atom is 0.0714 e. The molecule has 0 fully saturated rings. The van der Waals surface area contributed by atoms with E-state index in [1.807, 2.05) is 0 Å². The van der Waals surface area contributed by atoms with Crippen molar-refractivity contribution in [2.24, 2.45) is 7.05 Å². The van der Waals surface area contributed by atoms with Crippen LogP contribution in [0.1, 0.15) is 69.0 Å². The van der Waals surface area contributed by atoms with Crippen LogP contribution in [0.4, 0.5) is 34.1 Å². The highest BCUT2D eigenvalue weighted by molar-refractivity contribution is 6.22. The van der Waals surface area contributed by atoms with Crippen molar-refractivity contribution in [1.82, 2.24) is 9.13 Å². The van der Waals surface area contributed by atoms with E-state index in [-0.39, 0.29) is 0 Å². The second-order valence-electron chi connectivity index (χ2n) is 35.4. The molecule has 0 atom stereocenters. The number of aryl methyl sites for hydroxylation is 3. The first-order valence-electron chi connectivity index (χ1n) is 46.1. The second-order valence-corrected chi connectivity index (χ2v) is 35.4. The van der Waals surface area contributed by atoms with Crippen molar-refractivity contribution in [3.8, 4) is 61.3 Å². The van der Waals surface area contributed by atoms with Gasteiger partial charge in [0.25, 0.3) is 0 Å². The number of hydrogen-bond donors (Lipinski definition) is 0. The normalized spacial score (nSPS) is 12.4. The highest BCUT2D eigenvalue weighted by Gasteiger charge is 2.47. The minimum Gasteiger partial charge on any atom is -0.344 e. The summed E-state index contributed by atoms with van der Waals surface area (Å²) < 4.78 is 4.82. The summed E-state index contributed by atoms with van der Waals surface area (Å²) in [6, 6.07) is 170. The molecule has 0 spiro atoms. The summed E-state index contributed by atoms with van der Waals surface area (Å²) in [7, 11) is 2.19. The molecule has 0 bridgehead atoms. The first kappa shape index (κ1) is 78.8. The maximum absolute atomic E-state index is 2.51. The van der Waals surface area contributed by atoms with Gasteiger partial charge in [0.05, 0.1) is 22.0 Å². The summed E-state index contributed by atoms with van der Waals surface area (Å²) in [5.74, 6) is 0. The number of anilines is 6. The lowest BCUT2D eigenvalue weighted by molar-refractivity contribution is 0.769. The SMILES string of the molecule is CCCc1cc(C=Cc2ccc3cc(-c4cccc5c4-c4ccc(-c6ccc(-c7c(-c8ccc9cc(C=Cc%10ccc%11c%12ccc(N(c%13ccccc%13)c%13ccccc%13)cc%12n(C)c%11c%10)ccc9c8)c8ccccc8c8ccccc78)cc6)cc4C5(c4ccccc4)c4ccccc4)ccc3c2)cc2c1c1ccc(N(c3ccccc3)c3ccc(C)cc3)cc1n2-c1ccccc1. The van der Waals surface area contributed by atoms with Crippen LogP contribution >= 0.6 is 0 Å². The van der Waals surface area contributed by atoms with Crippen LogP contribution in [0.5, 0.6) is 0 Å². The molecule has 4 heteroatoms. The lowest BCUT2D eigenvalue weighted by atomic mass is 9.67. The fraction of sp³-hybridized carbons (Fsp3) is 0.0469. The highest BCUT2D eigenvalue weighted by Crippen LogP contribution is 2.60. The molecule has 0 unspecified atom stereocenters. The molecule has 0 aliphatic heterocycles. The van der Waals surface area contributed by atoms with E-state index in [0.717, 1.165) is 74.9 Å². The van der Waals surface area contributed by atoms with Crippen LogP contribution in [0.2, 0.25) is 0 Å². The maximum atomic E-state index is 2.51. The number of benzene rings is 21. The Hall–Kier alpha value is -16.7. The van der Waals surface area contributed by atoms with E-state index in [9.17, 15) is 0 Å². The number of aromatic nitrogens is 2. The van der Waals surface area contributed by atoms with E-state index in [0.29, 0.717) is 0 Å². The van der Waals surface area contributed by atoms with Crippen LogP contribution < -0.4 is 9.80 Å². The van der Waals surface area contributed by atoms with Gasteiger partial charge in [0, 0.05) is 73.9 Å². The highest BCUT2D eigenvalue weighted by atomic mass is 15.2. The van der Waals surface area contributed by atoms with E-state index in [1.54, 1.807) is 0 Å². The van der Waals surface area contributed by atoms with E-state index in [1.165, 1.54) is 176 Å². The molecule has 21 aromatic carbocycles. The number of para-hydroxylation sites is 4. The zero-order chi connectivity index (χ0) is 87.9. The quantitative estimate of drug-likeness (QED) is 0.0593. The summed E-state index contributed by atoms with van der Waals surface area (Å²) in [6.07, 6.45) is 11.1. The van der Waals surface area contributed by atoms with Gasteiger partial charge in [-0.2, -0.15) is 0 Å². The van der Waals surface area contributed by atoms with Crippen molar-refractivity contribution in [3.05, 3.63) is 511 Å². The van der Waals surface area contributed by atoms with Gasteiger partial charge in [0.15, 0.2) is 0 Å². The molecule has 4 nitrogen and oxygen atoms in total. The van der Waals surface area contributed by atoms with Crippen LogP contribution in [-0.2, 0) is 18.9 Å². The largest absolute Gasteiger partial charge is 0.344 e. The third-order valence-electron chi connectivity index (χ3n) is 27.6. The third kappa shape index (κ3) is 13.6. The molecule has 24 rings (SSSR count). The molecular formula is C128H92N4. The van der Waals surface area contributed by atoms with Gasteiger partial charge in [0.1, 0.15) is 0 Å². The van der Waals surface area contributed by atoms with Gasteiger partial charge >= 0.3 is 0 Å². The molecular weight excluding hydrogens is 1590 g/mol. The molecule has 0 amide bonds. The number of hydrogen-bond acceptors (Lipinski definition) is 2. The fourth-order valence-electron chi connectivity index (χ4n) is 21.5. The smallest absolute Gasteiger partial charge is 0.0714 e. The fourth-order valence-corrected chi connectivity index (χ4v) is 21.5. The Bertz CT molecular complexity index is 8420. The van der Waals surface area contributed by atoms with Gasteiger partial charge in [-0.25, -0.2) is 0 Å². The summed E-state index contributed by atoms with van der Waals surface area (Å²) in [4.78, 5) is 4.71. The van der Waals surface area contributed by atoms with Crippen molar-refractivity contribution >= 4 is 145 Å². The van der Waals surface area contributed by atoms with Crippen LogP contribution in [0.3, 0.4) is 0 Å². The van der Waals surface area contributed by atoms with E-state index in [2.05, 4.69) is 519 Å². The summed E-state index contributed by atoms with van der Waals surface area (Å²) in [6.45, 7) is 4.45. The topological polar surface area (TPSA) is 16.3 Å². The van der Waals surface area contributed by atoms with E-state index in [4.69, 9.17) is 0 Å². The first-order chi connectivity index (χ1) is 65.2. The Kier molecular flexibility index (Phi) is 19.6. The van der Waals surface area contributed by atoms with Crippen LogP contribution in [0.25, 0.3) is 172 Å². The average molecular weight is 1690 g/mol. The molecule has 0 N–H and O–H groups in total. The molecule has 0 radical (unpaired) electrons. The zero-order valence-corrected chi connectivity index (χ0v) is 73.8. The Labute approximate surface area is 769 Å². The molecule has 0 saturated heterocycles. The average Bonchev–Trinajstić information content (AvgIpc) is 1.53. The lowest BCUT2D eigenvalue weighted by Crippen LogP contribution is -2.28. The van der Waals surface area contributed by atoms with E-state index >= 15 is 0 Å². The molecule has 1 aliphatic rings. The van der Waals surface area contributed by atoms with Gasteiger partial charge < -0.3 is 18.9 Å². The summed E-state index contributed by atoms with van der Waals surface area (Å²) >= 11 is 0. The van der Waals surface area contributed by atoms with Gasteiger partial charge in [-0.05, 0) is 290 Å². The van der Waals surface area contributed by atoms with Crippen LogP contribution in [-0.4, -0.2) is 9.13 Å². The predicted molar refractivity (Wildman–Crippen MR) is 563 cm³/mol. The van der Waals surface area contributed by atoms with Gasteiger partial charge in [-0.1, -0.05) is 371 Å². The third-order valence-corrected chi connectivity index (χ3v) is 27.6. The predicted octanol–water partition coefficient (Wildman–Crippen LogP) is 34.6. The van der Waals surface area contributed by atoms with Crippen molar-refractivity contribution in [2.45, 2.75) is 32.1 Å². The van der Waals surface area contributed by atoms with Crippen molar-refractivity contribution < 1.29 is 0 Å². The van der Waals surface area contributed by atoms with Gasteiger partial charge in [0.2, 0.25) is 0 Å². The Morgan fingerprint density at radius 1 is 0.265 bits per heavy atom. The van der Waals surface area contributed by atoms with Crippen molar-refractivity contribution in [2.75, 3.05) is 9.80 Å². The lowest BCUT2D eigenvalue weighted by Gasteiger charge is -2.34. The van der Waals surface area contributed by atoms with Crippen molar-refractivity contribution in [1.29, 1.82) is 0 Å². The molecule has 2 aromatic heterocycles. The molecule has 1 aliphatic carbocycles. The van der Waals surface area contributed by atoms with Gasteiger partial charge in [-0.15, -0.1) is 0 Å². The van der Waals surface area contributed by atoms with Crippen LogP contribution in [0.15, 0.2) is 455 Å². The number of fused-ring (bicyclic) bond motifs is 14. The Morgan fingerprint density at radius 2 is 0.697 bits per heavy atom. The Morgan fingerprint density at radius 3 is 1.29 bits per heavy atom. The van der Waals surface area contributed by atoms with E-state index < -0.39 is 5.41 Å².